The first kappa shape index (κ1) is 17.3. The van der Waals surface area contributed by atoms with Gasteiger partial charge in [0.05, 0.1) is 10.6 Å². The van der Waals surface area contributed by atoms with Crippen LogP contribution in [0.5, 0.6) is 0 Å². The summed E-state index contributed by atoms with van der Waals surface area (Å²) in [6.45, 7) is 3.53. The maximum absolute atomic E-state index is 12.8. The van der Waals surface area contributed by atoms with Gasteiger partial charge in [0.25, 0.3) is 5.56 Å². The van der Waals surface area contributed by atoms with Crippen LogP contribution in [0.4, 0.5) is 5.82 Å². The van der Waals surface area contributed by atoms with Gasteiger partial charge in [0.2, 0.25) is 5.91 Å². The molecule has 1 N–H and O–H groups in total. The van der Waals surface area contributed by atoms with E-state index in [-0.39, 0.29) is 11.5 Å². The average molecular weight is 390 g/mol. The molecule has 0 spiro atoms. The quantitative estimate of drug-likeness (QED) is 0.544. The topological polar surface area (TPSA) is 90.0 Å². The molecule has 136 valence electrons. The van der Waals surface area contributed by atoms with Crippen molar-refractivity contribution >= 4 is 45.0 Å². The first-order valence-corrected chi connectivity index (χ1v) is 10.1. The molecule has 1 amide bonds. The molecular weight excluding hydrogens is 372 g/mol. The third-order valence-corrected chi connectivity index (χ3v) is 6.77. The molecule has 3 aromatic rings. The van der Waals surface area contributed by atoms with Gasteiger partial charge in [0.1, 0.15) is 10.6 Å². The number of nitrogens with zero attached hydrogens (tertiary/aromatic N) is 3. The van der Waals surface area contributed by atoms with E-state index in [2.05, 4.69) is 15.5 Å². The number of thiophene rings is 1. The van der Waals surface area contributed by atoms with E-state index in [4.69, 9.17) is 4.52 Å². The van der Waals surface area contributed by atoms with Gasteiger partial charge < -0.3 is 9.84 Å². The molecule has 1 atom stereocenters. The zero-order valence-corrected chi connectivity index (χ0v) is 16.3. The van der Waals surface area contributed by atoms with Gasteiger partial charge in [-0.25, -0.2) is 4.98 Å². The molecule has 1 aliphatic carbocycles. The lowest BCUT2D eigenvalue weighted by atomic mass is 10.2. The van der Waals surface area contributed by atoms with E-state index in [1.807, 2.05) is 0 Å². The molecular formula is C17H18N4O3S2. The minimum Gasteiger partial charge on any atom is -0.360 e. The maximum Gasteiger partial charge on any atom is 0.262 e. The lowest BCUT2D eigenvalue weighted by Crippen LogP contribution is -2.25. The highest BCUT2D eigenvalue weighted by Gasteiger charge is 2.24. The van der Waals surface area contributed by atoms with Crippen LogP contribution in [0.1, 0.15) is 29.5 Å². The summed E-state index contributed by atoms with van der Waals surface area (Å²) in [6, 6.07) is 1.66. The SMILES string of the molecule is Cc1cc(NC(=O)[C@@H](C)Sc2nc3sc4c(c3c(=O)n2C)CCC4)no1. The summed E-state index contributed by atoms with van der Waals surface area (Å²) in [7, 11) is 1.71. The number of aromatic nitrogens is 3. The summed E-state index contributed by atoms with van der Waals surface area (Å²) >= 11 is 2.87. The van der Waals surface area contributed by atoms with Crippen LogP contribution in [-0.2, 0) is 24.7 Å². The van der Waals surface area contributed by atoms with Crippen molar-refractivity contribution in [3.8, 4) is 0 Å². The Morgan fingerprint density at radius 1 is 1.46 bits per heavy atom. The maximum atomic E-state index is 12.8. The highest BCUT2D eigenvalue weighted by molar-refractivity contribution is 8.00. The summed E-state index contributed by atoms with van der Waals surface area (Å²) < 4.78 is 6.49. The normalized spacial score (nSPS) is 14.6. The van der Waals surface area contributed by atoms with Gasteiger partial charge in [-0.3, -0.25) is 14.2 Å². The Balaban J connectivity index is 1.59. The fourth-order valence-corrected chi connectivity index (χ4v) is 5.25. The van der Waals surface area contributed by atoms with E-state index in [1.54, 1.807) is 42.9 Å². The van der Waals surface area contributed by atoms with Crippen molar-refractivity contribution in [3.63, 3.8) is 0 Å². The number of nitrogens with one attached hydrogen (secondary N) is 1. The second-order valence-corrected chi connectivity index (χ2v) is 8.76. The van der Waals surface area contributed by atoms with Crippen LogP contribution >= 0.6 is 23.1 Å². The Morgan fingerprint density at radius 3 is 3.00 bits per heavy atom. The highest BCUT2D eigenvalue weighted by atomic mass is 32.2. The van der Waals surface area contributed by atoms with Gasteiger partial charge in [0.15, 0.2) is 11.0 Å². The molecule has 0 aliphatic heterocycles. The molecule has 3 heterocycles. The van der Waals surface area contributed by atoms with Crippen LogP contribution in [0.15, 0.2) is 20.5 Å². The molecule has 0 radical (unpaired) electrons. The summed E-state index contributed by atoms with van der Waals surface area (Å²) in [5.74, 6) is 0.791. The molecule has 4 rings (SSSR count). The molecule has 0 saturated heterocycles. The van der Waals surface area contributed by atoms with Gasteiger partial charge in [-0.05, 0) is 38.7 Å². The Morgan fingerprint density at radius 2 is 2.27 bits per heavy atom. The first-order chi connectivity index (χ1) is 12.4. The Bertz CT molecular complexity index is 1070. The van der Waals surface area contributed by atoms with Crippen molar-refractivity contribution in [1.29, 1.82) is 0 Å². The lowest BCUT2D eigenvalue weighted by molar-refractivity contribution is -0.115. The van der Waals surface area contributed by atoms with Gasteiger partial charge >= 0.3 is 0 Å². The fraction of sp³-hybridized carbons (Fsp3) is 0.412. The Labute approximate surface area is 157 Å². The standard InChI is InChI=1S/C17H18N4O3S2/c1-8-7-12(20-24-8)18-14(22)9(2)25-17-19-15-13(16(23)21(17)3)10-5-4-6-11(10)26-15/h7,9H,4-6H2,1-3H3,(H,18,20,22)/t9-/m1/s1. The Hall–Kier alpha value is -2.13. The number of anilines is 1. The monoisotopic (exact) mass is 390 g/mol. The molecule has 0 fully saturated rings. The van der Waals surface area contributed by atoms with Crippen molar-refractivity contribution < 1.29 is 9.32 Å². The number of carbonyl (C=O) groups excluding carboxylic acids is 1. The first-order valence-electron chi connectivity index (χ1n) is 8.36. The average Bonchev–Trinajstić information content (AvgIpc) is 3.28. The Kier molecular flexibility index (Phi) is 4.36. The van der Waals surface area contributed by atoms with Crippen LogP contribution in [-0.4, -0.2) is 25.9 Å². The van der Waals surface area contributed by atoms with E-state index in [0.29, 0.717) is 16.7 Å². The van der Waals surface area contributed by atoms with Crippen molar-refractivity contribution in [3.05, 3.63) is 32.6 Å². The van der Waals surface area contributed by atoms with Crippen LogP contribution in [0.3, 0.4) is 0 Å². The molecule has 1 aliphatic rings. The summed E-state index contributed by atoms with van der Waals surface area (Å²) in [4.78, 5) is 31.9. The van der Waals surface area contributed by atoms with E-state index in [1.165, 1.54) is 22.2 Å². The predicted octanol–water partition coefficient (Wildman–Crippen LogP) is 2.90. The largest absolute Gasteiger partial charge is 0.360 e. The third-order valence-electron chi connectivity index (χ3n) is 4.44. The van der Waals surface area contributed by atoms with Crippen molar-refractivity contribution in [1.82, 2.24) is 14.7 Å². The number of amides is 1. The molecule has 26 heavy (non-hydrogen) atoms. The van der Waals surface area contributed by atoms with Crippen LogP contribution in [0.25, 0.3) is 10.2 Å². The predicted molar refractivity (Wildman–Crippen MR) is 102 cm³/mol. The van der Waals surface area contributed by atoms with Crippen LogP contribution in [0, 0.1) is 6.92 Å². The van der Waals surface area contributed by atoms with Crippen molar-refractivity contribution in [2.24, 2.45) is 7.05 Å². The number of thioether (sulfide) groups is 1. The van der Waals surface area contributed by atoms with E-state index in [9.17, 15) is 9.59 Å². The van der Waals surface area contributed by atoms with Gasteiger partial charge in [-0.1, -0.05) is 16.9 Å². The summed E-state index contributed by atoms with van der Waals surface area (Å²) in [5, 5.41) is 7.33. The molecule has 3 aromatic heterocycles. The summed E-state index contributed by atoms with van der Waals surface area (Å²) in [6.07, 6.45) is 3.09. The number of hydrogen-bond donors (Lipinski definition) is 1. The lowest BCUT2D eigenvalue weighted by Gasteiger charge is -2.12. The zero-order valence-electron chi connectivity index (χ0n) is 14.7. The van der Waals surface area contributed by atoms with Crippen molar-refractivity contribution in [2.45, 2.75) is 43.5 Å². The minimum atomic E-state index is -0.436. The molecule has 0 unspecified atom stereocenters. The molecule has 0 saturated carbocycles. The molecule has 0 aromatic carbocycles. The fourth-order valence-electron chi connectivity index (χ4n) is 3.08. The number of aryl methyl sites for hydroxylation is 3. The molecule has 9 heteroatoms. The number of fused-ring (bicyclic) bond motifs is 3. The van der Waals surface area contributed by atoms with Gasteiger partial charge in [-0.15, -0.1) is 11.3 Å². The number of hydrogen-bond acceptors (Lipinski definition) is 7. The summed E-state index contributed by atoms with van der Waals surface area (Å²) in [5.41, 5.74) is 1.14. The highest BCUT2D eigenvalue weighted by Crippen LogP contribution is 2.35. The second-order valence-electron chi connectivity index (χ2n) is 6.37. The van der Waals surface area contributed by atoms with Crippen LogP contribution in [0.2, 0.25) is 0 Å². The molecule has 0 bridgehead atoms. The van der Waals surface area contributed by atoms with E-state index >= 15 is 0 Å². The third kappa shape index (κ3) is 2.95. The van der Waals surface area contributed by atoms with Gasteiger partial charge in [-0.2, -0.15) is 0 Å². The second kappa shape index (κ2) is 6.55. The smallest absolute Gasteiger partial charge is 0.262 e. The van der Waals surface area contributed by atoms with Crippen molar-refractivity contribution in [2.75, 3.05) is 5.32 Å². The minimum absolute atomic E-state index is 0.0309. The van der Waals surface area contributed by atoms with E-state index < -0.39 is 5.25 Å². The van der Waals surface area contributed by atoms with Gasteiger partial charge in [0, 0.05) is 18.0 Å². The number of carbonyl (C=O) groups is 1. The number of rotatable bonds is 4. The molecule has 7 nitrogen and oxygen atoms in total. The van der Waals surface area contributed by atoms with E-state index in [0.717, 1.165) is 29.5 Å². The van der Waals surface area contributed by atoms with Crippen LogP contribution < -0.4 is 10.9 Å². The zero-order chi connectivity index (χ0) is 18.4.